The lowest BCUT2D eigenvalue weighted by Gasteiger charge is -2.30. The van der Waals surface area contributed by atoms with Crippen LogP contribution in [0.3, 0.4) is 0 Å². The summed E-state index contributed by atoms with van der Waals surface area (Å²) in [5.41, 5.74) is 12.9. The molecule has 0 spiro atoms. The van der Waals surface area contributed by atoms with Crippen LogP contribution in [-0.2, 0) is 0 Å². The van der Waals surface area contributed by atoms with Crippen molar-refractivity contribution in [1.82, 2.24) is 0 Å². The maximum atomic E-state index is 6.38. The summed E-state index contributed by atoms with van der Waals surface area (Å²) < 4.78 is 6.38. The smallest absolute Gasteiger partial charge is 0.136 e. The summed E-state index contributed by atoms with van der Waals surface area (Å²) in [4.78, 5) is 2.47. The molecule has 10 rings (SSSR count). The SMILES string of the molecule is C[Si]1(C)c2cc(N(c3cccc(-c4cccc5ccccc45)c3)c3ccccc3-c3ccccc3)ccc2-c2c1ccc1oc3ccccc3c21. The fourth-order valence-electron chi connectivity index (χ4n) is 8.42. The predicted octanol–water partition coefficient (Wildman–Crippen LogP) is 12.3. The van der Waals surface area contributed by atoms with E-state index in [9.17, 15) is 0 Å². The van der Waals surface area contributed by atoms with Gasteiger partial charge in [-0.05, 0) is 91.4 Å². The molecule has 2 heterocycles. The van der Waals surface area contributed by atoms with Crippen molar-refractivity contribution < 1.29 is 4.42 Å². The van der Waals surface area contributed by atoms with E-state index in [-0.39, 0.29) is 0 Å². The molecular formula is C48H35NOSi. The van der Waals surface area contributed by atoms with Crippen LogP contribution in [-0.4, -0.2) is 8.07 Å². The van der Waals surface area contributed by atoms with Gasteiger partial charge in [-0.1, -0.05) is 147 Å². The Morgan fingerprint density at radius 3 is 2.04 bits per heavy atom. The van der Waals surface area contributed by atoms with Gasteiger partial charge in [0, 0.05) is 27.7 Å². The lowest BCUT2D eigenvalue weighted by atomic mass is 9.97. The van der Waals surface area contributed by atoms with Crippen molar-refractivity contribution in [3.63, 3.8) is 0 Å². The van der Waals surface area contributed by atoms with Gasteiger partial charge in [0.05, 0.1) is 5.69 Å². The molecule has 1 aliphatic rings. The molecule has 0 bridgehead atoms. The first-order valence-corrected chi connectivity index (χ1v) is 20.7. The number of para-hydroxylation sites is 2. The van der Waals surface area contributed by atoms with Gasteiger partial charge >= 0.3 is 0 Å². The van der Waals surface area contributed by atoms with Gasteiger partial charge in [0.2, 0.25) is 0 Å². The van der Waals surface area contributed by atoms with Crippen molar-refractivity contribution in [3.8, 4) is 33.4 Å². The second kappa shape index (κ2) is 11.4. The Labute approximate surface area is 298 Å². The molecule has 0 N–H and O–H groups in total. The van der Waals surface area contributed by atoms with Gasteiger partial charge < -0.3 is 9.32 Å². The first kappa shape index (κ1) is 29.7. The minimum absolute atomic E-state index is 0.945. The number of rotatable bonds is 5. The molecule has 51 heavy (non-hydrogen) atoms. The molecule has 0 aliphatic carbocycles. The molecule has 0 atom stereocenters. The second-order valence-electron chi connectivity index (χ2n) is 14.1. The van der Waals surface area contributed by atoms with Crippen molar-refractivity contribution in [1.29, 1.82) is 0 Å². The molecule has 1 aliphatic heterocycles. The van der Waals surface area contributed by atoms with E-state index in [1.54, 1.807) is 0 Å². The maximum Gasteiger partial charge on any atom is 0.136 e. The zero-order chi connectivity index (χ0) is 34.1. The van der Waals surface area contributed by atoms with Crippen molar-refractivity contribution in [2.24, 2.45) is 0 Å². The van der Waals surface area contributed by atoms with Gasteiger partial charge in [-0.2, -0.15) is 0 Å². The number of hydrogen-bond acceptors (Lipinski definition) is 2. The minimum atomic E-state index is -2.08. The van der Waals surface area contributed by atoms with Gasteiger partial charge in [-0.25, -0.2) is 0 Å². The number of benzene rings is 8. The average Bonchev–Trinajstić information content (AvgIpc) is 3.67. The summed E-state index contributed by atoms with van der Waals surface area (Å²) in [6.07, 6.45) is 0. The number of nitrogens with zero attached hydrogens (tertiary/aromatic N) is 1. The third kappa shape index (κ3) is 4.62. The summed E-state index contributed by atoms with van der Waals surface area (Å²) in [6.45, 7) is 5.00. The summed E-state index contributed by atoms with van der Waals surface area (Å²) in [7, 11) is -2.08. The van der Waals surface area contributed by atoms with Gasteiger partial charge in [0.25, 0.3) is 0 Å². The fourth-order valence-corrected chi connectivity index (χ4v) is 11.5. The number of furan rings is 1. The molecule has 242 valence electrons. The summed E-state index contributed by atoms with van der Waals surface area (Å²) >= 11 is 0. The monoisotopic (exact) mass is 669 g/mol. The van der Waals surface area contributed by atoms with Gasteiger partial charge in [-0.15, -0.1) is 0 Å². The normalized spacial score (nSPS) is 13.1. The van der Waals surface area contributed by atoms with Crippen LogP contribution in [0.2, 0.25) is 13.1 Å². The van der Waals surface area contributed by atoms with Crippen molar-refractivity contribution in [3.05, 3.63) is 176 Å². The number of fused-ring (bicyclic) bond motifs is 8. The molecule has 1 aromatic heterocycles. The lowest BCUT2D eigenvalue weighted by molar-refractivity contribution is 0.669. The highest BCUT2D eigenvalue weighted by molar-refractivity contribution is 7.04. The molecule has 0 saturated carbocycles. The Balaban J connectivity index is 1.20. The first-order chi connectivity index (χ1) is 25.1. The van der Waals surface area contributed by atoms with Gasteiger partial charge in [-0.3, -0.25) is 0 Å². The minimum Gasteiger partial charge on any atom is -0.456 e. The molecule has 3 heteroatoms. The predicted molar refractivity (Wildman–Crippen MR) is 219 cm³/mol. The van der Waals surface area contributed by atoms with E-state index in [1.807, 2.05) is 0 Å². The number of hydrogen-bond donors (Lipinski definition) is 0. The molecule has 0 amide bonds. The largest absolute Gasteiger partial charge is 0.456 e. The third-order valence-corrected chi connectivity index (χ3v) is 14.4. The Kier molecular flexibility index (Phi) is 6.67. The van der Waals surface area contributed by atoms with E-state index in [2.05, 4.69) is 194 Å². The van der Waals surface area contributed by atoms with Crippen LogP contribution in [0, 0.1) is 0 Å². The maximum absolute atomic E-state index is 6.38. The van der Waals surface area contributed by atoms with Crippen LogP contribution in [0.5, 0.6) is 0 Å². The number of anilines is 3. The van der Waals surface area contributed by atoms with Crippen LogP contribution in [0.25, 0.3) is 66.1 Å². The Morgan fingerprint density at radius 2 is 1.14 bits per heavy atom. The molecule has 9 aromatic rings. The zero-order valence-electron chi connectivity index (χ0n) is 28.6. The first-order valence-electron chi connectivity index (χ1n) is 17.7. The van der Waals surface area contributed by atoms with Gasteiger partial charge in [0.1, 0.15) is 19.2 Å². The molecule has 0 fully saturated rings. The Bertz CT molecular complexity index is 2790. The fraction of sp³-hybridized carbons (Fsp3) is 0.0417. The lowest BCUT2D eigenvalue weighted by Crippen LogP contribution is -2.49. The highest BCUT2D eigenvalue weighted by atomic mass is 28.3. The van der Waals surface area contributed by atoms with Crippen LogP contribution < -0.4 is 15.3 Å². The summed E-state index contributed by atoms with van der Waals surface area (Å²) in [6, 6.07) is 64.0. The van der Waals surface area contributed by atoms with Crippen molar-refractivity contribution >= 4 is 68.2 Å². The van der Waals surface area contributed by atoms with Crippen LogP contribution in [0.1, 0.15) is 0 Å². The topological polar surface area (TPSA) is 16.4 Å². The quantitative estimate of drug-likeness (QED) is 0.170. The van der Waals surface area contributed by atoms with Crippen LogP contribution in [0.15, 0.2) is 180 Å². The van der Waals surface area contributed by atoms with Gasteiger partial charge in [0.15, 0.2) is 0 Å². The highest BCUT2D eigenvalue weighted by Crippen LogP contribution is 2.45. The van der Waals surface area contributed by atoms with E-state index in [0.29, 0.717) is 0 Å². The zero-order valence-corrected chi connectivity index (χ0v) is 29.6. The molecular weight excluding hydrogens is 635 g/mol. The third-order valence-electron chi connectivity index (χ3n) is 10.9. The van der Waals surface area contributed by atoms with Crippen molar-refractivity contribution in [2.75, 3.05) is 4.90 Å². The van der Waals surface area contributed by atoms with E-state index in [4.69, 9.17) is 4.42 Å². The highest BCUT2D eigenvalue weighted by Gasteiger charge is 2.40. The Hall–Kier alpha value is -6.16. The molecule has 8 aromatic carbocycles. The average molecular weight is 670 g/mol. The summed E-state index contributed by atoms with van der Waals surface area (Å²) in [5, 5.41) is 7.87. The van der Waals surface area contributed by atoms with E-state index in [1.165, 1.54) is 65.3 Å². The van der Waals surface area contributed by atoms with E-state index < -0.39 is 8.07 Å². The van der Waals surface area contributed by atoms with E-state index >= 15 is 0 Å². The van der Waals surface area contributed by atoms with Crippen molar-refractivity contribution in [2.45, 2.75) is 13.1 Å². The standard InChI is InChI=1S/C48H35NOSi/c1-51(2)45-29-28-44-47(40-22-9-11-25-43(40)50-44)48(45)41-27-26-36(31-46(41)51)49(42-24-10-8-21-39(42)33-14-4-3-5-15-33)35-19-12-18-34(30-35)38-23-13-17-32-16-6-7-20-37(32)38/h3-31H,1-2H3. The molecule has 0 unspecified atom stereocenters. The van der Waals surface area contributed by atoms with Crippen LogP contribution >= 0.6 is 0 Å². The second-order valence-corrected chi connectivity index (χ2v) is 18.4. The molecule has 0 saturated heterocycles. The van der Waals surface area contributed by atoms with Crippen LogP contribution in [0.4, 0.5) is 17.1 Å². The Morgan fingerprint density at radius 1 is 0.451 bits per heavy atom. The summed E-state index contributed by atoms with van der Waals surface area (Å²) in [5.74, 6) is 0. The molecule has 0 radical (unpaired) electrons. The van der Waals surface area contributed by atoms with E-state index in [0.717, 1.165) is 28.2 Å². The molecule has 2 nitrogen and oxygen atoms in total.